The Kier molecular flexibility index (Phi) is 10.0. The summed E-state index contributed by atoms with van der Waals surface area (Å²) < 4.78 is 5.56. The van der Waals surface area contributed by atoms with E-state index < -0.39 is 24.0 Å². The highest BCUT2D eigenvalue weighted by Gasteiger charge is 2.23. The molecule has 2 atom stereocenters. The molecule has 0 aliphatic carbocycles. The number of likely N-dealkylation sites (N-methyl/N-ethyl adjacent to an activating group) is 1. The normalized spacial score (nSPS) is 13.7. The second-order valence-corrected chi connectivity index (χ2v) is 6.07. The lowest BCUT2D eigenvalue weighted by Gasteiger charge is -2.29. The van der Waals surface area contributed by atoms with E-state index in [1.807, 2.05) is 21.1 Å². The minimum absolute atomic E-state index is 0. The van der Waals surface area contributed by atoms with Gasteiger partial charge >= 0.3 is 11.9 Å². The van der Waals surface area contributed by atoms with Crippen molar-refractivity contribution in [1.82, 2.24) is 0 Å². The van der Waals surface area contributed by atoms with Crippen molar-refractivity contribution >= 4 is 30.3 Å². The molecule has 0 saturated heterocycles. The molecule has 0 aliphatic rings. The van der Waals surface area contributed by atoms with Crippen LogP contribution in [-0.4, -0.2) is 61.3 Å². The van der Waals surface area contributed by atoms with Crippen LogP contribution in [0.25, 0.3) is 0 Å². The first-order chi connectivity index (χ1) is 8.99. The maximum atomic E-state index is 11.7. The van der Waals surface area contributed by atoms with Crippen LogP contribution in [0.2, 0.25) is 0 Å². The van der Waals surface area contributed by atoms with E-state index in [2.05, 4.69) is 0 Å². The van der Waals surface area contributed by atoms with Gasteiger partial charge in [-0.25, -0.2) is 0 Å². The molecule has 0 amide bonds. The third kappa shape index (κ3) is 13.4. The second kappa shape index (κ2) is 9.57. The Labute approximate surface area is 130 Å². The van der Waals surface area contributed by atoms with Gasteiger partial charge in [0, 0.05) is 25.2 Å². The number of hydrogen-bond donors (Lipinski definition) is 1. The van der Waals surface area contributed by atoms with Gasteiger partial charge in [0.25, 0.3) is 0 Å². The summed E-state index contributed by atoms with van der Waals surface area (Å²) >= 11 is 0. The summed E-state index contributed by atoms with van der Waals surface area (Å²) in [5.41, 5.74) is 0. The monoisotopic (exact) mass is 326 g/mol. The predicted molar refractivity (Wildman–Crippen MR) is 75.7 cm³/mol. The number of ether oxygens (including phenoxy) is 1. The average Bonchev–Trinajstić information content (AvgIpc) is 2.09. The van der Waals surface area contributed by atoms with Crippen molar-refractivity contribution in [1.29, 1.82) is 0 Å². The van der Waals surface area contributed by atoms with Crippen molar-refractivity contribution in [2.24, 2.45) is 5.92 Å². The van der Waals surface area contributed by atoms with E-state index in [1.54, 1.807) is 6.92 Å². The molecule has 0 heterocycles. The zero-order valence-electron chi connectivity index (χ0n) is 12.8. The van der Waals surface area contributed by atoms with Crippen LogP contribution < -0.4 is 5.11 Å². The van der Waals surface area contributed by atoms with Crippen molar-refractivity contribution in [3.05, 3.63) is 0 Å². The lowest BCUT2D eigenvalue weighted by Crippen LogP contribution is -2.45. The third-order valence-electron chi connectivity index (χ3n) is 2.48. The van der Waals surface area contributed by atoms with Gasteiger partial charge in [-0.2, -0.15) is 0 Å². The molecule has 0 fully saturated rings. The molecule has 0 aliphatic heterocycles. The van der Waals surface area contributed by atoms with Crippen LogP contribution in [0, 0.1) is 5.92 Å². The highest BCUT2D eigenvalue weighted by molar-refractivity contribution is 5.85. The Morgan fingerprint density at radius 3 is 2.05 bits per heavy atom. The molecule has 0 aromatic rings. The van der Waals surface area contributed by atoms with Crippen molar-refractivity contribution < 1.29 is 33.8 Å². The minimum atomic E-state index is -1.28. The van der Waals surface area contributed by atoms with E-state index in [9.17, 15) is 19.5 Å². The number of carboxylic acids is 2. The smallest absolute Gasteiger partial charge is 0.306 e. The van der Waals surface area contributed by atoms with Gasteiger partial charge in [0.05, 0.1) is 21.1 Å². The van der Waals surface area contributed by atoms with Crippen LogP contribution in [0.15, 0.2) is 0 Å². The van der Waals surface area contributed by atoms with Gasteiger partial charge in [-0.1, -0.05) is 6.92 Å². The van der Waals surface area contributed by atoms with E-state index in [4.69, 9.17) is 9.84 Å². The number of aliphatic carboxylic acids is 2. The number of carbonyl (C=O) groups excluding carboxylic acids is 2. The minimum Gasteiger partial charge on any atom is -0.550 e. The molecule has 0 saturated carbocycles. The van der Waals surface area contributed by atoms with Crippen LogP contribution >= 0.6 is 12.4 Å². The van der Waals surface area contributed by atoms with E-state index in [1.165, 1.54) is 0 Å². The summed E-state index contributed by atoms with van der Waals surface area (Å²) in [6.07, 6.45) is -1.32. The van der Waals surface area contributed by atoms with Gasteiger partial charge in [-0.05, 0) is 5.92 Å². The van der Waals surface area contributed by atoms with E-state index in [0.29, 0.717) is 11.0 Å². The van der Waals surface area contributed by atoms with Crippen LogP contribution in [-0.2, 0) is 19.1 Å². The molecule has 1 unspecified atom stereocenters. The van der Waals surface area contributed by atoms with Gasteiger partial charge in [0.2, 0.25) is 0 Å². The molecule has 0 aromatic heterocycles. The molecule has 0 aromatic carbocycles. The van der Waals surface area contributed by atoms with E-state index >= 15 is 0 Å². The Morgan fingerprint density at radius 2 is 1.67 bits per heavy atom. The Balaban J connectivity index is 0. The van der Waals surface area contributed by atoms with E-state index in [0.717, 1.165) is 0 Å². The molecular weight excluding hydrogens is 303 g/mol. The number of halogens is 1. The summed E-state index contributed by atoms with van der Waals surface area (Å²) in [6.45, 7) is 1.97. The van der Waals surface area contributed by atoms with Crippen molar-refractivity contribution in [2.45, 2.75) is 32.3 Å². The summed E-state index contributed by atoms with van der Waals surface area (Å²) in [6, 6.07) is 0. The molecule has 0 bridgehead atoms. The number of nitrogens with zero attached hydrogens (tertiary/aromatic N) is 1. The Hall–Kier alpha value is -1.34. The van der Waals surface area contributed by atoms with Gasteiger partial charge < -0.3 is 24.2 Å². The third-order valence-corrected chi connectivity index (χ3v) is 2.48. The fourth-order valence-electron chi connectivity index (χ4n) is 1.83. The average molecular weight is 327 g/mol. The molecule has 1 N–H and O–H groups in total. The van der Waals surface area contributed by atoms with Crippen LogP contribution in [0.5, 0.6) is 0 Å². The molecule has 0 rings (SSSR count). The SMILES string of the molecule is CC(CC(=O)O)CC(=O)O[C@H](CC(=O)[O-])C[N+](C)(C)[13CH3].Cl. The molecular formula is C13H24ClNO6. The number of hydrogen-bond acceptors (Lipinski definition) is 5. The number of rotatable bonds is 9. The highest BCUT2D eigenvalue weighted by Crippen LogP contribution is 2.12. The van der Waals surface area contributed by atoms with Crippen LogP contribution in [0.3, 0.4) is 0 Å². The first kappa shape index (κ1) is 21.9. The molecule has 124 valence electrons. The quantitative estimate of drug-likeness (QED) is 0.353. The topological polar surface area (TPSA) is 104 Å². The fraction of sp³-hybridized carbons (Fsp3) is 0.769. The maximum Gasteiger partial charge on any atom is 0.306 e. The van der Waals surface area contributed by atoms with Crippen LogP contribution in [0.4, 0.5) is 0 Å². The number of quaternary nitrogens is 1. The Bertz CT molecular complexity index is 366. The summed E-state index contributed by atoms with van der Waals surface area (Å²) in [7, 11) is 5.55. The Morgan fingerprint density at radius 1 is 1.14 bits per heavy atom. The fourth-order valence-corrected chi connectivity index (χ4v) is 1.83. The summed E-state index contributed by atoms with van der Waals surface area (Å²) in [5, 5.41) is 19.3. The van der Waals surface area contributed by atoms with Gasteiger partial charge in [0.1, 0.15) is 6.54 Å². The molecule has 0 radical (unpaired) electrons. The number of carboxylic acid groups (broad SMARTS) is 2. The van der Waals surface area contributed by atoms with Crippen LogP contribution in [0.1, 0.15) is 26.2 Å². The van der Waals surface area contributed by atoms with Gasteiger partial charge in [-0.3, -0.25) is 9.59 Å². The lowest BCUT2D eigenvalue weighted by atomic mass is 10.0. The second-order valence-electron chi connectivity index (χ2n) is 6.07. The number of esters is 1. The van der Waals surface area contributed by atoms with Crippen molar-refractivity contribution in [3.8, 4) is 0 Å². The highest BCUT2D eigenvalue weighted by atomic mass is 35.5. The summed E-state index contributed by atoms with van der Waals surface area (Å²) in [4.78, 5) is 32.8. The summed E-state index contributed by atoms with van der Waals surface area (Å²) in [5.74, 6) is -3.20. The molecule has 7 nitrogen and oxygen atoms in total. The number of carbonyl (C=O) groups is 3. The molecule has 21 heavy (non-hydrogen) atoms. The molecule has 8 heteroatoms. The van der Waals surface area contributed by atoms with Gasteiger partial charge in [-0.15, -0.1) is 12.4 Å². The zero-order valence-corrected chi connectivity index (χ0v) is 13.6. The largest absolute Gasteiger partial charge is 0.550 e. The zero-order chi connectivity index (χ0) is 15.9. The predicted octanol–water partition coefficient (Wildman–Crippen LogP) is -0.333. The van der Waals surface area contributed by atoms with Gasteiger partial charge in [0.15, 0.2) is 6.10 Å². The van der Waals surface area contributed by atoms with E-state index in [-0.39, 0.29) is 37.6 Å². The van der Waals surface area contributed by atoms with Crippen molar-refractivity contribution in [3.63, 3.8) is 0 Å². The maximum absolute atomic E-state index is 11.7. The first-order valence-electron chi connectivity index (χ1n) is 6.41. The van der Waals surface area contributed by atoms with Crippen molar-refractivity contribution in [2.75, 3.05) is 27.7 Å². The molecule has 0 spiro atoms. The lowest BCUT2D eigenvalue weighted by molar-refractivity contribution is -0.873. The first-order valence-corrected chi connectivity index (χ1v) is 6.41. The standard InChI is InChI=1S/C13H23NO6.ClH/c1-9(5-11(15)16)6-13(19)20-10(7-12(17)18)8-14(2,3)4;/h9-10H,5-8H2,1-4H3,(H-,15,16,17,18);1H/t9?,10-;/m1./s1/i2+1;.